The topological polar surface area (TPSA) is 67.6 Å². The number of aromatic nitrogens is 2. The normalized spacial score (nSPS) is 19.1. The van der Waals surface area contributed by atoms with Crippen LogP contribution in [0.15, 0.2) is 42.7 Å². The van der Waals surface area contributed by atoms with E-state index in [4.69, 9.17) is 4.74 Å². The fourth-order valence-electron chi connectivity index (χ4n) is 3.12. The van der Waals surface area contributed by atoms with Crippen molar-refractivity contribution in [1.29, 1.82) is 0 Å². The Morgan fingerprint density at radius 3 is 2.92 bits per heavy atom. The van der Waals surface area contributed by atoms with Crippen LogP contribution in [0.5, 0.6) is 0 Å². The van der Waals surface area contributed by atoms with E-state index in [0.717, 1.165) is 18.4 Å². The lowest BCUT2D eigenvalue weighted by Gasteiger charge is -2.34. The van der Waals surface area contributed by atoms with E-state index in [1.54, 1.807) is 11.1 Å². The number of ether oxygens (including phenoxy) is 1. The number of aryl methyl sites for hydroxylation is 1. The van der Waals surface area contributed by atoms with E-state index < -0.39 is 6.10 Å². The molecular formula is C18H23N3O3. The lowest BCUT2D eigenvalue weighted by molar-refractivity contribution is 0.0322. The van der Waals surface area contributed by atoms with E-state index in [2.05, 4.69) is 4.98 Å². The van der Waals surface area contributed by atoms with E-state index in [-0.39, 0.29) is 18.6 Å². The number of imidazole rings is 1. The Morgan fingerprint density at radius 1 is 1.42 bits per heavy atom. The van der Waals surface area contributed by atoms with Gasteiger partial charge in [0.25, 0.3) is 0 Å². The van der Waals surface area contributed by atoms with Crippen LogP contribution in [0.4, 0.5) is 4.79 Å². The largest absolute Gasteiger partial charge is 0.445 e. The number of aliphatic hydroxyl groups excluding tert-OH is 1. The Balaban J connectivity index is 1.57. The van der Waals surface area contributed by atoms with Crippen molar-refractivity contribution in [2.24, 2.45) is 13.0 Å². The van der Waals surface area contributed by atoms with E-state index in [1.807, 2.05) is 48.1 Å². The number of benzene rings is 1. The van der Waals surface area contributed by atoms with Crippen LogP contribution in [-0.2, 0) is 18.4 Å². The molecule has 128 valence electrons. The Kier molecular flexibility index (Phi) is 5.15. The molecule has 2 heterocycles. The summed E-state index contributed by atoms with van der Waals surface area (Å²) < 4.78 is 7.21. The fourth-order valence-corrected chi connectivity index (χ4v) is 3.12. The zero-order chi connectivity index (χ0) is 16.9. The van der Waals surface area contributed by atoms with Gasteiger partial charge in [0.15, 0.2) is 0 Å². The third kappa shape index (κ3) is 3.76. The van der Waals surface area contributed by atoms with Gasteiger partial charge in [0.2, 0.25) is 0 Å². The van der Waals surface area contributed by atoms with E-state index in [1.165, 1.54) is 0 Å². The molecule has 2 unspecified atom stereocenters. The minimum Gasteiger partial charge on any atom is -0.445 e. The number of hydrogen-bond acceptors (Lipinski definition) is 4. The van der Waals surface area contributed by atoms with Crippen molar-refractivity contribution in [2.45, 2.75) is 25.6 Å². The van der Waals surface area contributed by atoms with Gasteiger partial charge in [-0.3, -0.25) is 0 Å². The van der Waals surface area contributed by atoms with Crippen molar-refractivity contribution in [3.63, 3.8) is 0 Å². The predicted molar refractivity (Wildman–Crippen MR) is 89.1 cm³/mol. The van der Waals surface area contributed by atoms with Crippen LogP contribution < -0.4 is 0 Å². The van der Waals surface area contributed by atoms with Crippen molar-refractivity contribution in [2.75, 3.05) is 13.1 Å². The number of carbonyl (C=O) groups is 1. The molecule has 1 amide bonds. The van der Waals surface area contributed by atoms with Gasteiger partial charge >= 0.3 is 6.09 Å². The minimum absolute atomic E-state index is 0.0240. The number of piperidine rings is 1. The maximum atomic E-state index is 12.3. The highest BCUT2D eigenvalue weighted by Gasteiger charge is 2.31. The van der Waals surface area contributed by atoms with Crippen molar-refractivity contribution in [3.8, 4) is 0 Å². The SMILES string of the molecule is Cn1ccnc1C(O)C1CCCN(C(=O)OCc2ccccc2)C1. The lowest BCUT2D eigenvalue weighted by atomic mass is 9.92. The summed E-state index contributed by atoms with van der Waals surface area (Å²) in [5, 5.41) is 10.6. The molecule has 3 rings (SSSR count). The highest BCUT2D eigenvalue weighted by molar-refractivity contribution is 5.67. The minimum atomic E-state index is -0.672. The molecule has 1 aliphatic heterocycles. The number of hydrogen-bond donors (Lipinski definition) is 1. The molecule has 0 saturated carbocycles. The zero-order valence-electron chi connectivity index (χ0n) is 13.8. The first-order chi connectivity index (χ1) is 11.6. The lowest BCUT2D eigenvalue weighted by Crippen LogP contribution is -2.42. The summed E-state index contributed by atoms with van der Waals surface area (Å²) in [6.07, 6.45) is 4.22. The van der Waals surface area contributed by atoms with Crippen molar-refractivity contribution >= 4 is 6.09 Å². The van der Waals surface area contributed by atoms with Crippen molar-refractivity contribution in [1.82, 2.24) is 14.5 Å². The van der Waals surface area contributed by atoms with Crippen molar-refractivity contribution in [3.05, 3.63) is 54.1 Å². The summed E-state index contributed by atoms with van der Waals surface area (Å²) in [5.41, 5.74) is 0.965. The molecule has 2 aromatic rings. The van der Waals surface area contributed by atoms with Crippen LogP contribution in [0, 0.1) is 5.92 Å². The van der Waals surface area contributed by atoms with Gasteiger partial charge in [-0.05, 0) is 18.4 Å². The second-order valence-corrected chi connectivity index (χ2v) is 6.23. The maximum absolute atomic E-state index is 12.3. The first kappa shape index (κ1) is 16.5. The van der Waals surface area contributed by atoms with Gasteiger partial charge in [-0.2, -0.15) is 0 Å². The molecule has 0 spiro atoms. The molecule has 1 fully saturated rings. The van der Waals surface area contributed by atoms with Gasteiger partial charge in [-0.15, -0.1) is 0 Å². The number of likely N-dealkylation sites (tertiary alicyclic amines) is 1. The van der Waals surface area contributed by atoms with Crippen LogP contribution in [-0.4, -0.2) is 38.7 Å². The molecule has 6 heteroatoms. The summed E-state index contributed by atoms with van der Waals surface area (Å²) in [4.78, 5) is 18.2. The Bertz CT molecular complexity index is 671. The summed E-state index contributed by atoms with van der Waals surface area (Å²) in [6, 6.07) is 9.63. The Labute approximate surface area is 141 Å². The molecule has 0 aliphatic carbocycles. The second-order valence-electron chi connectivity index (χ2n) is 6.23. The third-order valence-electron chi connectivity index (χ3n) is 4.49. The summed E-state index contributed by atoms with van der Waals surface area (Å²) in [5.74, 6) is 0.614. The average molecular weight is 329 g/mol. The predicted octanol–water partition coefficient (Wildman–Crippen LogP) is 2.50. The molecule has 1 N–H and O–H groups in total. The van der Waals surface area contributed by atoms with Gasteiger partial charge in [-0.1, -0.05) is 30.3 Å². The van der Waals surface area contributed by atoms with Crippen molar-refractivity contribution < 1.29 is 14.6 Å². The number of aliphatic hydroxyl groups is 1. The summed E-state index contributed by atoms with van der Waals surface area (Å²) in [7, 11) is 1.86. The molecule has 2 atom stereocenters. The molecule has 24 heavy (non-hydrogen) atoms. The van der Waals surface area contributed by atoms with Gasteiger partial charge in [0.05, 0.1) is 0 Å². The number of carbonyl (C=O) groups excluding carboxylic acids is 1. The smallest absolute Gasteiger partial charge is 0.410 e. The van der Waals surface area contributed by atoms with E-state index in [9.17, 15) is 9.90 Å². The molecule has 0 bridgehead atoms. The zero-order valence-corrected chi connectivity index (χ0v) is 13.8. The molecular weight excluding hydrogens is 306 g/mol. The molecule has 1 saturated heterocycles. The quantitative estimate of drug-likeness (QED) is 0.936. The maximum Gasteiger partial charge on any atom is 0.410 e. The standard InChI is InChI=1S/C18H23N3O3/c1-20-11-9-19-17(20)16(22)15-8-5-10-21(12-15)18(23)24-13-14-6-3-2-4-7-14/h2-4,6-7,9,11,15-16,22H,5,8,10,12-13H2,1H3. The highest BCUT2D eigenvalue weighted by Crippen LogP contribution is 2.29. The van der Waals surface area contributed by atoms with Gasteiger partial charge in [-0.25, -0.2) is 9.78 Å². The summed E-state index contributed by atoms with van der Waals surface area (Å²) >= 11 is 0. The summed E-state index contributed by atoms with van der Waals surface area (Å²) in [6.45, 7) is 1.42. The molecule has 1 aromatic heterocycles. The number of amides is 1. The van der Waals surface area contributed by atoms with Gasteiger partial charge in [0.1, 0.15) is 18.5 Å². The van der Waals surface area contributed by atoms with Crippen LogP contribution >= 0.6 is 0 Å². The fraction of sp³-hybridized carbons (Fsp3) is 0.444. The first-order valence-electron chi connectivity index (χ1n) is 8.26. The van der Waals surface area contributed by atoms with Crippen LogP contribution in [0.2, 0.25) is 0 Å². The van der Waals surface area contributed by atoms with Gasteiger partial charge < -0.3 is 19.3 Å². The Hall–Kier alpha value is -2.34. The van der Waals surface area contributed by atoms with Crippen LogP contribution in [0.1, 0.15) is 30.3 Å². The van der Waals surface area contributed by atoms with Gasteiger partial charge in [0, 0.05) is 38.4 Å². The molecule has 6 nitrogen and oxygen atoms in total. The average Bonchev–Trinajstić information content (AvgIpc) is 3.06. The molecule has 0 radical (unpaired) electrons. The molecule has 1 aliphatic rings. The highest BCUT2D eigenvalue weighted by atomic mass is 16.6. The second kappa shape index (κ2) is 7.49. The van der Waals surface area contributed by atoms with E-state index in [0.29, 0.717) is 18.9 Å². The Morgan fingerprint density at radius 2 is 2.21 bits per heavy atom. The third-order valence-corrected chi connectivity index (χ3v) is 4.49. The first-order valence-corrected chi connectivity index (χ1v) is 8.26. The molecule has 1 aromatic carbocycles. The van der Waals surface area contributed by atoms with Crippen LogP contribution in [0.3, 0.4) is 0 Å². The monoisotopic (exact) mass is 329 g/mol. The number of rotatable bonds is 4. The number of nitrogens with zero attached hydrogens (tertiary/aromatic N) is 3. The van der Waals surface area contributed by atoms with E-state index >= 15 is 0 Å². The van der Waals surface area contributed by atoms with Crippen LogP contribution in [0.25, 0.3) is 0 Å².